The van der Waals surface area contributed by atoms with Crippen molar-refractivity contribution in [3.63, 3.8) is 0 Å². The Morgan fingerprint density at radius 3 is 2.62 bits per heavy atom. The van der Waals surface area contributed by atoms with E-state index in [9.17, 15) is 9.90 Å². The van der Waals surface area contributed by atoms with Crippen molar-refractivity contribution >= 4 is 17.9 Å². The van der Waals surface area contributed by atoms with E-state index < -0.39 is 6.16 Å². The van der Waals surface area contributed by atoms with Crippen LogP contribution in [0.4, 0.5) is 4.79 Å². The first-order chi connectivity index (χ1) is 6.29. The molecular weight excluding hydrogens is 188 g/mol. The number of hydrogen-bond donors (Lipinski definition) is 0. The van der Waals surface area contributed by atoms with Gasteiger partial charge in [0.2, 0.25) is 0 Å². The highest BCUT2D eigenvalue weighted by Gasteiger charge is 1.98. The van der Waals surface area contributed by atoms with Gasteiger partial charge in [0.15, 0.2) is 0 Å². The maximum atomic E-state index is 9.87. The third-order valence-corrected chi connectivity index (χ3v) is 2.29. The zero-order valence-electron chi connectivity index (χ0n) is 6.93. The van der Waals surface area contributed by atoms with Gasteiger partial charge in [0.25, 0.3) is 0 Å². The van der Waals surface area contributed by atoms with E-state index in [1.807, 2.05) is 30.3 Å². The quantitative estimate of drug-likeness (QED) is 0.423. The molecule has 0 atom stereocenters. The van der Waals surface area contributed by atoms with E-state index in [1.54, 1.807) is 11.8 Å². The molecule has 13 heavy (non-hydrogen) atoms. The molecule has 0 heterocycles. The van der Waals surface area contributed by atoms with E-state index in [0.29, 0.717) is 5.75 Å². The van der Waals surface area contributed by atoms with Gasteiger partial charge in [-0.05, 0) is 12.1 Å². The maximum Gasteiger partial charge on any atom is 0.550 e. The first-order valence-electron chi connectivity index (χ1n) is 3.80. The topological polar surface area (TPSA) is 46.2 Å². The number of benzene rings is 1. The van der Waals surface area contributed by atoms with Crippen molar-refractivity contribution in [3.8, 4) is 0 Å². The van der Waals surface area contributed by atoms with Gasteiger partial charge in [-0.1, -0.05) is 18.2 Å². The van der Waals surface area contributed by atoms with Gasteiger partial charge in [-0.25, -0.2) is 0 Å². The highest BCUT2D eigenvalue weighted by Crippen LogP contribution is 2.16. The summed E-state index contributed by atoms with van der Waals surface area (Å²) in [4.78, 5) is 11.0. The Labute approximate surface area is 80.7 Å². The van der Waals surface area contributed by atoms with Crippen molar-refractivity contribution in [1.82, 2.24) is 0 Å². The lowest BCUT2D eigenvalue weighted by atomic mass is 10.4. The molecule has 0 amide bonds. The van der Waals surface area contributed by atoms with Crippen molar-refractivity contribution in [2.75, 3.05) is 12.4 Å². The van der Waals surface area contributed by atoms with Crippen LogP contribution in [0.5, 0.6) is 0 Å². The van der Waals surface area contributed by atoms with Gasteiger partial charge in [-0.3, -0.25) is 0 Å². The van der Waals surface area contributed by atoms with Crippen LogP contribution in [0, 0.1) is 0 Å². The summed E-state index contributed by atoms with van der Waals surface area (Å²) in [6, 6.07) is 9.72. The SMILES string of the molecule is [O]C(=O)OCCSc1ccccc1. The Balaban J connectivity index is 2.17. The van der Waals surface area contributed by atoms with Crippen LogP contribution in [0.1, 0.15) is 0 Å². The van der Waals surface area contributed by atoms with E-state index in [-0.39, 0.29) is 6.61 Å². The summed E-state index contributed by atoms with van der Waals surface area (Å²) < 4.78 is 4.25. The van der Waals surface area contributed by atoms with Crippen LogP contribution in [0.2, 0.25) is 0 Å². The molecule has 0 saturated carbocycles. The summed E-state index contributed by atoms with van der Waals surface area (Å²) >= 11 is 1.55. The van der Waals surface area contributed by atoms with E-state index in [1.165, 1.54) is 0 Å². The molecule has 0 aliphatic heterocycles. The van der Waals surface area contributed by atoms with E-state index in [4.69, 9.17) is 0 Å². The summed E-state index contributed by atoms with van der Waals surface area (Å²) in [7, 11) is 0. The molecule has 0 N–H and O–H groups in total. The minimum absolute atomic E-state index is 0.169. The molecule has 0 aliphatic carbocycles. The Morgan fingerprint density at radius 1 is 1.31 bits per heavy atom. The van der Waals surface area contributed by atoms with Crippen LogP contribution in [0.25, 0.3) is 0 Å². The second-order valence-corrected chi connectivity index (χ2v) is 3.43. The molecule has 0 fully saturated rings. The fourth-order valence-corrected chi connectivity index (χ4v) is 1.55. The minimum atomic E-state index is -1.46. The molecule has 0 saturated heterocycles. The highest BCUT2D eigenvalue weighted by molar-refractivity contribution is 7.99. The van der Waals surface area contributed by atoms with E-state index >= 15 is 0 Å². The second kappa shape index (κ2) is 5.48. The molecule has 4 heteroatoms. The molecule has 1 radical (unpaired) electrons. The monoisotopic (exact) mass is 197 g/mol. The maximum absolute atomic E-state index is 9.87. The van der Waals surface area contributed by atoms with Gasteiger partial charge < -0.3 is 4.74 Å². The van der Waals surface area contributed by atoms with Crippen LogP contribution < -0.4 is 0 Å². The van der Waals surface area contributed by atoms with Gasteiger partial charge >= 0.3 is 6.16 Å². The van der Waals surface area contributed by atoms with Gasteiger partial charge in [-0.15, -0.1) is 11.8 Å². The zero-order chi connectivity index (χ0) is 9.52. The first-order valence-corrected chi connectivity index (χ1v) is 4.79. The van der Waals surface area contributed by atoms with Crippen molar-refractivity contribution in [3.05, 3.63) is 30.3 Å². The van der Waals surface area contributed by atoms with Crippen molar-refractivity contribution in [2.24, 2.45) is 0 Å². The molecular formula is C9H9O3S. The van der Waals surface area contributed by atoms with Gasteiger partial charge in [0, 0.05) is 10.6 Å². The molecule has 1 aromatic rings. The Hall–Kier alpha value is -1.16. The molecule has 3 nitrogen and oxygen atoms in total. The predicted octanol–water partition coefficient (Wildman–Crippen LogP) is 2.35. The minimum Gasteiger partial charge on any atom is -0.431 e. The van der Waals surface area contributed by atoms with Crippen molar-refractivity contribution in [2.45, 2.75) is 4.90 Å². The van der Waals surface area contributed by atoms with Gasteiger partial charge in [-0.2, -0.15) is 9.90 Å². The average molecular weight is 197 g/mol. The van der Waals surface area contributed by atoms with Crippen LogP contribution >= 0.6 is 11.8 Å². The third-order valence-electron chi connectivity index (χ3n) is 1.32. The predicted molar refractivity (Wildman–Crippen MR) is 49.2 cm³/mol. The number of carbonyl (C=O) groups is 1. The Kier molecular flexibility index (Phi) is 4.18. The molecule has 0 aromatic heterocycles. The fraction of sp³-hybridized carbons (Fsp3) is 0.222. The first kappa shape index (κ1) is 9.92. The smallest absolute Gasteiger partial charge is 0.431 e. The van der Waals surface area contributed by atoms with Gasteiger partial charge in [0.05, 0.1) is 0 Å². The summed E-state index contributed by atoms with van der Waals surface area (Å²) in [5.41, 5.74) is 0. The van der Waals surface area contributed by atoms with Crippen LogP contribution in [0.15, 0.2) is 35.2 Å². The standard InChI is InChI=1S/C9H9O3S/c10-9(11)12-6-7-13-8-4-2-1-3-5-8/h1-5H,6-7H2. The molecule has 1 rings (SSSR count). The fourth-order valence-electron chi connectivity index (χ4n) is 0.801. The number of thioether (sulfide) groups is 1. The molecule has 69 valence electrons. The van der Waals surface area contributed by atoms with Crippen molar-refractivity contribution in [1.29, 1.82) is 0 Å². The van der Waals surface area contributed by atoms with Crippen LogP contribution in [-0.2, 0) is 9.84 Å². The van der Waals surface area contributed by atoms with Gasteiger partial charge in [0.1, 0.15) is 6.61 Å². The number of rotatable bonds is 4. The van der Waals surface area contributed by atoms with Crippen LogP contribution in [0.3, 0.4) is 0 Å². The zero-order valence-corrected chi connectivity index (χ0v) is 7.75. The summed E-state index contributed by atoms with van der Waals surface area (Å²) in [5.74, 6) is 0.609. The largest absolute Gasteiger partial charge is 0.550 e. The average Bonchev–Trinajstić information content (AvgIpc) is 2.14. The molecule has 0 unspecified atom stereocenters. The van der Waals surface area contributed by atoms with E-state index in [0.717, 1.165) is 4.90 Å². The molecule has 0 spiro atoms. The third kappa shape index (κ3) is 4.42. The summed E-state index contributed by atoms with van der Waals surface area (Å²) in [6.07, 6.45) is -1.46. The highest BCUT2D eigenvalue weighted by atomic mass is 32.2. The lowest BCUT2D eigenvalue weighted by molar-refractivity contribution is 0.0730. The molecule has 0 bridgehead atoms. The lowest BCUT2D eigenvalue weighted by Gasteiger charge is -1.99. The summed E-state index contributed by atoms with van der Waals surface area (Å²) in [5, 5.41) is 9.87. The summed E-state index contributed by atoms with van der Waals surface area (Å²) in [6.45, 7) is 0.169. The van der Waals surface area contributed by atoms with E-state index in [2.05, 4.69) is 4.74 Å². The number of hydrogen-bond acceptors (Lipinski definition) is 3. The lowest BCUT2D eigenvalue weighted by Crippen LogP contribution is -2.01. The molecule has 0 aliphatic rings. The second-order valence-electron chi connectivity index (χ2n) is 2.26. The number of ether oxygens (including phenoxy) is 1. The van der Waals surface area contributed by atoms with Crippen molar-refractivity contribution < 1.29 is 14.6 Å². The number of carbonyl (C=O) groups excluding carboxylic acids is 1. The Morgan fingerprint density at radius 2 is 2.00 bits per heavy atom. The van der Waals surface area contributed by atoms with Crippen LogP contribution in [-0.4, -0.2) is 18.5 Å². The normalized spacial score (nSPS) is 9.54. The Bertz CT molecular complexity index is 261. The molecule has 1 aromatic carbocycles.